The van der Waals surface area contributed by atoms with Crippen molar-refractivity contribution in [3.63, 3.8) is 0 Å². The zero-order valence-electron chi connectivity index (χ0n) is 25.6. The predicted molar refractivity (Wildman–Crippen MR) is 171 cm³/mol. The summed E-state index contributed by atoms with van der Waals surface area (Å²) in [7, 11) is 1.44. The molecule has 226 valence electrons. The standard InChI is InChI=1S/C33H41ClF2N4OS/c1-9-18(4)12-15-27(19(5)10-2)40(11-3)20(6)23-16-25(34)29(30(36)31(23)39-21(7)41-8)22-13-14-26(35)32-28(22)24(17-37)33(38)42-32/h13-14,16,18-19,27,38-39H,7,9-12,15H2,1-6,8H3/b23-20+,29-22-,38-33?. The van der Waals surface area contributed by atoms with E-state index in [4.69, 9.17) is 21.7 Å². The average molecular weight is 615 g/mol. The van der Waals surface area contributed by atoms with Gasteiger partial charge in [-0.2, -0.15) is 5.26 Å². The third kappa shape index (κ3) is 6.63. The number of nitriles is 1. The van der Waals surface area contributed by atoms with E-state index in [1.165, 1.54) is 19.2 Å². The van der Waals surface area contributed by atoms with Crippen LogP contribution in [0.15, 0.2) is 35.6 Å². The van der Waals surface area contributed by atoms with Crippen molar-refractivity contribution in [2.75, 3.05) is 19.0 Å². The van der Waals surface area contributed by atoms with Crippen LogP contribution in [0.4, 0.5) is 14.5 Å². The molecule has 0 spiro atoms. The molecule has 2 N–H and O–H groups in total. The normalized spacial score (nSPS) is 16.3. The predicted octanol–water partition coefficient (Wildman–Crippen LogP) is 7.88. The molecule has 9 heteroatoms. The Labute approximate surface area is 257 Å². The molecule has 3 unspecified atom stereocenters. The monoisotopic (exact) mass is 614 g/mol. The second kappa shape index (κ2) is 14.4. The lowest BCUT2D eigenvalue weighted by atomic mass is 9.89. The van der Waals surface area contributed by atoms with Gasteiger partial charge in [0.05, 0.1) is 28.3 Å². The number of anilines is 1. The maximum Gasteiger partial charge on any atom is 0.183 e. The highest BCUT2D eigenvalue weighted by molar-refractivity contribution is 8.15. The third-order valence-corrected chi connectivity index (χ3v) is 9.73. The van der Waals surface area contributed by atoms with E-state index in [9.17, 15) is 9.65 Å². The van der Waals surface area contributed by atoms with E-state index >= 15 is 4.39 Å². The quantitative estimate of drug-likeness (QED) is 0.238. The van der Waals surface area contributed by atoms with Gasteiger partial charge in [0.25, 0.3) is 0 Å². The molecule has 0 amide bonds. The molecule has 0 aromatic heterocycles. The summed E-state index contributed by atoms with van der Waals surface area (Å²) in [6.07, 6.45) is 4.23. The highest BCUT2D eigenvalue weighted by atomic mass is 35.5. The molecule has 0 aliphatic carbocycles. The van der Waals surface area contributed by atoms with Crippen LogP contribution in [0, 0.1) is 50.6 Å². The van der Waals surface area contributed by atoms with Crippen molar-refractivity contribution < 1.29 is 13.5 Å². The third-order valence-electron chi connectivity index (χ3n) is 8.42. The van der Waals surface area contributed by atoms with Gasteiger partial charge in [-0.15, -0.1) is 0 Å². The van der Waals surface area contributed by atoms with E-state index in [0.717, 1.165) is 49.7 Å². The Morgan fingerprint density at radius 3 is 2.45 bits per heavy atom. The molecule has 3 rings (SSSR count). The zero-order chi connectivity index (χ0) is 31.3. The minimum absolute atomic E-state index is 0.0113. The second-order valence-corrected chi connectivity index (χ2v) is 12.3. The number of rotatable bonds is 12. The van der Waals surface area contributed by atoms with E-state index in [-0.39, 0.29) is 53.8 Å². The fraction of sp³-hybridized carbons (Fsp3) is 0.455. The summed E-state index contributed by atoms with van der Waals surface area (Å²) in [6, 6.07) is 6.56. The van der Waals surface area contributed by atoms with Crippen molar-refractivity contribution in [1.82, 2.24) is 4.90 Å². The Bertz CT molecular complexity index is 1640. The highest BCUT2D eigenvalue weighted by Gasteiger charge is 2.26. The number of benzene rings is 2. The van der Waals surface area contributed by atoms with Gasteiger partial charge in [0, 0.05) is 33.9 Å². The van der Waals surface area contributed by atoms with Crippen molar-refractivity contribution in [3.05, 3.63) is 68.2 Å². The Morgan fingerprint density at radius 1 is 1.19 bits per heavy atom. The first-order valence-electron chi connectivity index (χ1n) is 14.4. The van der Waals surface area contributed by atoms with Gasteiger partial charge in [-0.05, 0) is 62.5 Å². The van der Waals surface area contributed by atoms with Crippen molar-refractivity contribution in [2.45, 2.75) is 78.2 Å². The topological polar surface area (TPSA) is 72.1 Å². The maximum atomic E-state index is 16.8. The summed E-state index contributed by atoms with van der Waals surface area (Å²) in [5.74, 6) is -0.107. The number of hydrogen-bond donors (Lipinski definition) is 2. The minimum Gasteiger partial charge on any atom is -0.483 e. The Balaban J connectivity index is 2.49. The molecule has 3 atom stereocenters. The Kier molecular flexibility index (Phi) is 11.5. The first-order chi connectivity index (χ1) is 19.9. The summed E-state index contributed by atoms with van der Waals surface area (Å²) in [5, 5.41) is 22.0. The van der Waals surface area contributed by atoms with Crippen LogP contribution in [0.2, 0.25) is 5.02 Å². The number of hydrogen-bond acceptors (Lipinski definition) is 6. The molecule has 0 bridgehead atoms. The van der Waals surface area contributed by atoms with Crippen LogP contribution in [0.1, 0.15) is 67.2 Å². The second-order valence-electron chi connectivity index (χ2n) is 10.9. The van der Waals surface area contributed by atoms with Crippen molar-refractivity contribution >= 4 is 45.4 Å². The first kappa shape index (κ1) is 33.5. The van der Waals surface area contributed by atoms with Crippen molar-refractivity contribution in [3.8, 4) is 6.07 Å². The molecule has 0 radical (unpaired) electrons. The number of thioether (sulfide) groups is 1. The maximum absolute atomic E-state index is 16.8. The van der Waals surface area contributed by atoms with Gasteiger partial charge >= 0.3 is 0 Å². The lowest BCUT2D eigenvalue weighted by molar-refractivity contribution is 0.200. The van der Waals surface area contributed by atoms with Gasteiger partial charge in [-0.1, -0.05) is 70.0 Å². The summed E-state index contributed by atoms with van der Waals surface area (Å²) < 4.78 is 36.8. The SMILES string of the molecule is C=C(Nc1c(F)/c(=c2/ccc(F)c3c2=C(C#N)C(=N)S3)c(Cl)c/c1=C(/C)N(CC)C(CCC(C)CC)C(C)CC)OC. The van der Waals surface area contributed by atoms with E-state index < -0.39 is 11.6 Å². The summed E-state index contributed by atoms with van der Waals surface area (Å²) in [4.78, 5) is 2.44. The number of fused-ring (bicyclic) bond motifs is 1. The molecule has 0 saturated heterocycles. The van der Waals surface area contributed by atoms with Crippen LogP contribution in [0.3, 0.4) is 0 Å². The van der Waals surface area contributed by atoms with E-state index in [1.54, 1.807) is 6.07 Å². The van der Waals surface area contributed by atoms with E-state index in [0.29, 0.717) is 17.1 Å². The summed E-state index contributed by atoms with van der Waals surface area (Å²) in [6.45, 7) is 17.6. The summed E-state index contributed by atoms with van der Waals surface area (Å²) in [5.41, 5.74) is 0.966. The fourth-order valence-electron chi connectivity index (χ4n) is 5.51. The van der Waals surface area contributed by atoms with Gasteiger partial charge < -0.3 is 15.0 Å². The fourth-order valence-corrected chi connectivity index (χ4v) is 6.73. The number of methoxy groups -OCH3 is 1. The summed E-state index contributed by atoms with van der Waals surface area (Å²) >= 11 is 7.71. The molecule has 42 heavy (non-hydrogen) atoms. The molecule has 0 fully saturated rings. The van der Waals surface area contributed by atoms with Gasteiger partial charge in [0.2, 0.25) is 0 Å². The van der Waals surface area contributed by atoms with Crippen molar-refractivity contribution in [1.29, 1.82) is 10.7 Å². The van der Waals surface area contributed by atoms with Crippen LogP contribution in [-0.4, -0.2) is 29.6 Å². The van der Waals surface area contributed by atoms with Crippen LogP contribution >= 0.6 is 23.4 Å². The molecule has 5 nitrogen and oxygen atoms in total. The Morgan fingerprint density at radius 2 is 1.88 bits per heavy atom. The van der Waals surface area contributed by atoms with Gasteiger partial charge in [-0.25, -0.2) is 8.78 Å². The number of ether oxygens (including phenoxy) is 1. The average Bonchev–Trinajstić information content (AvgIpc) is 3.33. The van der Waals surface area contributed by atoms with Crippen LogP contribution < -0.4 is 15.8 Å². The van der Waals surface area contributed by atoms with Gasteiger partial charge in [0.1, 0.15) is 16.9 Å². The van der Waals surface area contributed by atoms with E-state index in [1.807, 2.05) is 13.0 Å². The minimum atomic E-state index is -0.680. The van der Waals surface area contributed by atoms with Crippen LogP contribution in [0.25, 0.3) is 11.3 Å². The largest absolute Gasteiger partial charge is 0.483 e. The molecule has 1 aliphatic heterocycles. The molecule has 0 saturated carbocycles. The van der Waals surface area contributed by atoms with E-state index in [2.05, 4.69) is 51.4 Å². The number of nitrogens with zero attached hydrogens (tertiary/aromatic N) is 2. The first-order valence-corrected chi connectivity index (χ1v) is 15.6. The number of nitrogens with one attached hydrogen (secondary N) is 2. The van der Waals surface area contributed by atoms with Gasteiger partial charge in [-0.3, -0.25) is 5.41 Å². The smallest absolute Gasteiger partial charge is 0.183 e. The molecular formula is C33H41ClF2N4OS. The number of halogens is 3. The molecule has 2 aromatic rings. The van der Waals surface area contributed by atoms with Crippen molar-refractivity contribution in [2.24, 2.45) is 11.8 Å². The Hall–Kier alpha value is -3.02. The molecular weight excluding hydrogens is 574 g/mol. The zero-order valence-corrected chi connectivity index (χ0v) is 27.1. The molecule has 2 aromatic carbocycles. The highest BCUT2D eigenvalue weighted by Crippen LogP contribution is 2.31. The molecule has 1 heterocycles. The lowest BCUT2D eigenvalue weighted by Gasteiger charge is -2.38. The molecule has 1 aliphatic rings. The van der Waals surface area contributed by atoms with Crippen LogP contribution in [0.5, 0.6) is 0 Å². The van der Waals surface area contributed by atoms with Crippen LogP contribution in [-0.2, 0) is 4.74 Å². The van der Waals surface area contributed by atoms with Gasteiger partial charge in [0.15, 0.2) is 11.7 Å². The lowest BCUT2D eigenvalue weighted by Crippen LogP contribution is -2.40.